The number of aliphatic hydroxyl groups is 1. The zero-order valence-electron chi connectivity index (χ0n) is 12.7. The van der Waals surface area contributed by atoms with Crippen molar-refractivity contribution in [3.05, 3.63) is 21.1 Å². The van der Waals surface area contributed by atoms with Crippen molar-refractivity contribution in [2.75, 3.05) is 18.0 Å². The molecule has 118 valence electrons. The van der Waals surface area contributed by atoms with Crippen molar-refractivity contribution < 1.29 is 10.0 Å². The largest absolute Gasteiger partial charge is 0.388 e. The number of nitrogens with zero attached hydrogens (tertiary/aromatic N) is 2. The van der Waals surface area contributed by atoms with Crippen LogP contribution in [0, 0.1) is 16.0 Å². The molecule has 1 aromatic heterocycles. The van der Waals surface area contributed by atoms with Gasteiger partial charge in [-0.15, -0.1) is 11.3 Å². The Morgan fingerprint density at radius 2 is 2.29 bits per heavy atom. The van der Waals surface area contributed by atoms with Crippen LogP contribution < -0.4 is 4.90 Å². The van der Waals surface area contributed by atoms with Crippen LogP contribution in [0.25, 0.3) is 0 Å². The maximum atomic E-state index is 11.3. The Bertz CT molecular complexity index is 487. The summed E-state index contributed by atoms with van der Waals surface area (Å²) in [6.45, 7) is 5.62. The van der Waals surface area contributed by atoms with Crippen molar-refractivity contribution in [3.8, 4) is 0 Å². The molecular formula is C15H24N2O3S. The smallest absolute Gasteiger partial charge is 0.304 e. The van der Waals surface area contributed by atoms with Crippen molar-refractivity contribution in [3.63, 3.8) is 0 Å². The molecule has 0 radical (unpaired) electrons. The average Bonchev–Trinajstić information content (AvgIpc) is 2.76. The van der Waals surface area contributed by atoms with E-state index in [0.29, 0.717) is 9.88 Å². The highest BCUT2D eigenvalue weighted by Gasteiger charge is 2.27. The molecule has 0 bridgehead atoms. The van der Waals surface area contributed by atoms with Gasteiger partial charge in [-0.05, 0) is 32.1 Å². The van der Waals surface area contributed by atoms with Gasteiger partial charge in [-0.2, -0.15) is 0 Å². The van der Waals surface area contributed by atoms with Gasteiger partial charge in [-0.25, -0.2) is 0 Å². The fourth-order valence-corrected chi connectivity index (χ4v) is 4.13. The fraction of sp³-hybridized carbons (Fsp3) is 0.733. The van der Waals surface area contributed by atoms with Crippen LogP contribution in [0.4, 0.5) is 10.7 Å². The molecule has 6 heteroatoms. The minimum Gasteiger partial charge on any atom is -0.388 e. The first-order valence-corrected chi connectivity index (χ1v) is 8.55. The number of rotatable bonds is 5. The normalized spacial score (nSPS) is 21.1. The van der Waals surface area contributed by atoms with Crippen molar-refractivity contribution in [2.24, 2.45) is 5.92 Å². The standard InChI is InChI=1S/C15H24N2O3S/c1-3-5-12-6-4-8-16(9-7-12)15-13(17(19)20)10-14(21-15)11(2)18/h10-12,18H,3-9H2,1-2H3/t11-,12?/m0/s1. The van der Waals surface area contributed by atoms with Crippen molar-refractivity contribution in [2.45, 2.75) is 52.1 Å². The molecule has 1 saturated heterocycles. The Kier molecular flexibility index (Phi) is 5.58. The highest BCUT2D eigenvalue weighted by molar-refractivity contribution is 7.16. The van der Waals surface area contributed by atoms with Gasteiger partial charge in [0, 0.05) is 24.0 Å². The summed E-state index contributed by atoms with van der Waals surface area (Å²) in [6.07, 6.45) is 5.21. The molecule has 0 aliphatic carbocycles. The van der Waals surface area contributed by atoms with Gasteiger partial charge in [0.25, 0.3) is 0 Å². The summed E-state index contributed by atoms with van der Waals surface area (Å²) in [5.41, 5.74) is 0.143. The number of thiophene rings is 1. The molecule has 0 spiro atoms. The first-order valence-electron chi connectivity index (χ1n) is 7.74. The third-order valence-electron chi connectivity index (χ3n) is 4.15. The van der Waals surface area contributed by atoms with Crippen LogP contribution in [-0.2, 0) is 0 Å². The summed E-state index contributed by atoms with van der Waals surface area (Å²) in [5.74, 6) is 0.746. The predicted octanol–water partition coefficient (Wildman–Crippen LogP) is 4.12. The van der Waals surface area contributed by atoms with E-state index in [9.17, 15) is 15.2 Å². The number of hydrogen-bond donors (Lipinski definition) is 1. The molecule has 1 fully saturated rings. The predicted molar refractivity (Wildman–Crippen MR) is 86.1 cm³/mol. The lowest BCUT2D eigenvalue weighted by atomic mass is 9.96. The van der Waals surface area contributed by atoms with Gasteiger partial charge in [0.05, 0.1) is 11.0 Å². The van der Waals surface area contributed by atoms with Crippen LogP contribution in [0.3, 0.4) is 0 Å². The molecule has 2 heterocycles. The summed E-state index contributed by atoms with van der Waals surface area (Å²) >= 11 is 1.36. The van der Waals surface area contributed by atoms with E-state index in [2.05, 4.69) is 11.8 Å². The molecular weight excluding hydrogens is 288 g/mol. The Balaban J connectivity index is 2.18. The maximum absolute atomic E-state index is 11.3. The van der Waals surface area contributed by atoms with E-state index in [1.54, 1.807) is 6.92 Å². The molecule has 1 unspecified atom stereocenters. The summed E-state index contributed by atoms with van der Waals surface area (Å²) in [6, 6.07) is 1.53. The second-order valence-corrected chi connectivity index (χ2v) is 6.91. The number of hydrogen-bond acceptors (Lipinski definition) is 5. The van der Waals surface area contributed by atoms with Gasteiger partial charge in [0.2, 0.25) is 0 Å². The van der Waals surface area contributed by atoms with Gasteiger partial charge >= 0.3 is 5.69 Å². The molecule has 1 N–H and O–H groups in total. The van der Waals surface area contributed by atoms with Crippen LogP contribution in [0.2, 0.25) is 0 Å². The molecule has 5 nitrogen and oxygen atoms in total. The van der Waals surface area contributed by atoms with Crippen molar-refractivity contribution >= 4 is 22.0 Å². The lowest BCUT2D eigenvalue weighted by molar-refractivity contribution is -0.383. The Labute approximate surface area is 129 Å². The van der Waals surface area contributed by atoms with Gasteiger partial charge < -0.3 is 10.0 Å². The fourth-order valence-electron chi connectivity index (χ4n) is 3.02. The Morgan fingerprint density at radius 1 is 1.52 bits per heavy atom. The summed E-state index contributed by atoms with van der Waals surface area (Å²) < 4.78 is 0. The van der Waals surface area contributed by atoms with E-state index in [-0.39, 0.29) is 10.6 Å². The lowest BCUT2D eigenvalue weighted by Crippen LogP contribution is -2.23. The highest BCUT2D eigenvalue weighted by atomic mass is 32.1. The van der Waals surface area contributed by atoms with Crippen molar-refractivity contribution in [1.82, 2.24) is 0 Å². The van der Waals surface area contributed by atoms with E-state index in [4.69, 9.17) is 0 Å². The Morgan fingerprint density at radius 3 is 2.90 bits per heavy atom. The first-order chi connectivity index (χ1) is 10.0. The van der Waals surface area contributed by atoms with Crippen LogP contribution in [0.15, 0.2) is 6.07 Å². The molecule has 1 aliphatic heterocycles. The van der Waals surface area contributed by atoms with Gasteiger partial charge in [-0.1, -0.05) is 19.8 Å². The summed E-state index contributed by atoms with van der Waals surface area (Å²) in [4.78, 5) is 13.7. The zero-order chi connectivity index (χ0) is 15.4. The van der Waals surface area contributed by atoms with Crippen LogP contribution in [0.1, 0.15) is 56.9 Å². The lowest BCUT2D eigenvalue weighted by Gasteiger charge is -2.20. The number of anilines is 1. The SMILES string of the molecule is CCCC1CCCN(c2sc([C@H](C)O)cc2[N+](=O)[O-])CC1. The number of nitro groups is 1. The monoisotopic (exact) mass is 312 g/mol. The molecule has 2 atom stereocenters. The topological polar surface area (TPSA) is 66.6 Å². The third kappa shape index (κ3) is 3.95. The molecule has 1 aromatic rings. The minimum absolute atomic E-state index is 0.143. The van der Waals surface area contributed by atoms with Crippen LogP contribution >= 0.6 is 11.3 Å². The molecule has 0 saturated carbocycles. The molecule has 0 amide bonds. The van der Waals surface area contributed by atoms with Gasteiger partial charge in [0.15, 0.2) is 5.00 Å². The van der Waals surface area contributed by atoms with E-state index >= 15 is 0 Å². The maximum Gasteiger partial charge on any atom is 0.304 e. The average molecular weight is 312 g/mol. The second kappa shape index (κ2) is 7.22. The first kappa shape index (κ1) is 16.2. The Hall–Kier alpha value is -1.14. The number of aliphatic hydroxyl groups excluding tert-OH is 1. The van der Waals surface area contributed by atoms with Crippen LogP contribution in [0.5, 0.6) is 0 Å². The highest BCUT2D eigenvalue weighted by Crippen LogP contribution is 2.41. The van der Waals surface area contributed by atoms with E-state index < -0.39 is 6.10 Å². The van der Waals surface area contributed by atoms with E-state index in [1.807, 2.05) is 0 Å². The van der Waals surface area contributed by atoms with Gasteiger partial charge in [0.1, 0.15) is 0 Å². The van der Waals surface area contributed by atoms with Gasteiger partial charge in [-0.3, -0.25) is 10.1 Å². The van der Waals surface area contributed by atoms with E-state index in [0.717, 1.165) is 31.8 Å². The molecule has 2 rings (SSSR count). The summed E-state index contributed by atoms with van der Waals surface area (Å²) in [7, 11) is 0. The van der Waals surface area contributed by atoms with Crippen LogP contribution in [-0.4, -0.2) is 23.1 Å². The third-order valence-corrected chi connectivity index (χ3v) is 5.51. The summed E-state index contributed by atoms with van der Waals surface area (Å²) in [5, 5.41) is 21.7. The van der Waals surface area contributed by atoms with E-state index in [1.165, 1.54) is 36.7 Å². The molecule has 0 aromatic carbocycles. The quantitative estimate of drug-likeness (QED) is 0.656. The van der Waals surface area contributed by atoms with Crippen molar-refractivity contribution in [1.29, 1.82) is 0 Å². The second-order valence-electron chi connectivity index (χ2n) is 5.84. The minimum atomic E-state index is -0.651. The molecule has 1 aliphatic rings. The zero-order valence-corrected chi connectivity index (χ0v) is 13.6. The molecule has 21 heavy (non-hydrogen) atoms.